The molecule has 6 heteroatoms. The first-order chi connectivity index (χ1) is 9.92. The molecule has 1 N–H and O–H groups in total. The summed E-state index contributed by atoms with van der Waals surface area (Å²) in [5.41, 5.74) is 0.977. The molecule has 1 rings (SSSR count). The van der Waals surface area contributed by atoms with Crippen molar-refractivity contribution in [2.75, 3.05) is 19.9 Å². The van der Waals surface area contributed by atoms with Gasteiger partial charge in [0.25, 0.3) is 0 Å². The Hall–Kier alpha value is -1.69. The number of thioether (sulfide) groups is 1. The molecule has 1 aromatic rings. The molecule has 0 bridgehead atoms. The van der Waals surface area contributed by atoms with Crippen LogP contribution >= 0.6 is 11.8 Å². The van der Waals surface area contributed by atoms with Gasteiger partial charge in [0.1, 0.15) is 5.75 Å². The smallest absolute Gasteiger partial charge is 0.341 e. The molecule has 116 valence electrons. The predicted octanol–water partition coefficient (Wildman–Crippen LogP) is 2.25. The normalized spacial score (nSPS) is 11.8. The molecule has 0 saturated carbocycles. The van der Waals surface area contributed by atoms with Gasteiger partial charge >= 0.3 is 5.97 Å². The number of aliphatic carboxylic acids is 1. The van der Waals surface area contributed by atoms with E-state index in [1.807, 2.05) is 25.3 Å². The number of carboxylic acids is 1. The van der Waals surface area contributed by atoms with Crippen LogP contribution in [0.5, 0.6) is 5.75 Å². The van der Waals surface area contributed by atoms with Crippen LogP contribution in [0.15, 0.2) is 24.3 Å². The van der Waals surface area contributed by atoms with Crippen LogP contribution in [0.2, 0.25) is 0 Å². The topological polar surface area (TPSA) is 66.8 Å². The summed E-state index contributed by atoms with van der Waals surface area (Å²) in [6, 6.07) is 7.08. The van der Waals surface area contributed by atoms with Gasteiger partial charge in [-0.2, -0.15) is 11.8 Å². The molecule has 0 aromatic heterocycles. The summed E-state index contributed by atoms with van der Waals surface area (Å²) in [6.07, 6.45) is 2.52. The first-order valence-electron chi connectivity index (χ1n) is 6.62. The van der Waals surface area contributed by atoms with Crippen LogP contribution in [-0.4, -0.2) is 47.0 Å². The van der Waals surface area contributed by atoms with Gasteiger partial charge in [-0.15, -0.1) is 0 Å². The van der Waals surface area contributed by atoms with Crippen LogP contribution in [0.25, 0.3) is 0 Å². The van der Waals surface area contributed by atoms with Crippen molar-refractivity contribution >= 4 is 23.6 Å². The van der Waals surface area contributed by atoms with E-state index >= 15 is 0 Å². The maximum absolute atomic E-state index is 12.0. The highest BCUT2D eigenvalue weighted by Crippen LogP contribution is 2.15. The maximum Gasteiger partial charge on any atom is 0.341 e. The van der Waals surface area contributed by atoms with Crippen molar-refractivity contribution in [1.29, 1.82) is 0 Å². The SMILES string of the molecule is CSC(C)CC(=O)N(C)Cc1ccc(OCC(=O)O)cc1. The third-order valence-electron chi connectivity index (χ3n) is 3.00. The number of rotatable bonds is 8. The summed E-state index contributed by atoms with van der Waals surface area (Å²) in [7, 11) is 1.78. The molecular weight excluding hydrogens is 290 g/mol. The van der Waals surface area contributed by atoms with Crippen molar-refractivity contribution in [2.45, 2.75) is 25.1 Å². The van der Waals surface area contributed by atoms with Crippen LogP contribution in [-0.2, 0) is 16.1 Å². The van der Waals surface area contributed by atoms with Gasteiger partial charge in [-0.25, -0.2) is 4.79 Å². The van der Waals surface area contributed by atoms with E-state index in [2.05, 4.69) is 0 Å². The fourth-order valence-corrected chi connectivity index (χ4v) is 1.99. The van der Waals surface area contributed by atoms with Crippen LogP contribution in [0.4, 0.5) is 0 Å². The van der Waals surface area contributed by atoms with Gasteiger partial charge < -0.3 is 14.7 Å². The first kappa shape index (κ1) is 17.4. The van der Waals surface area contributed by atoms with E-state index in [9.17, 15) is 9.59 Å². The Bertz CT molecular complexity index is 475. The van der Waals surface area contributed by atoms with Gasteiger partial charge in [-0.3, -0.25) is 4.79 Å². The molecule has 0 heterocycles. The monoisotopic (exact) mass is 311 g/mol. The molecule has 0 spiro atoms. The minimum atomic E-state index is -1.01. The van der Waals surface area contributed by atoms with E-state index in [0.29, 0.717) is 24.0 Å². The van der Waals surface area contributed by atoms with Crippen molar-refractivity contribution in [2.24, 2.45) is 0 Å². The lowest BCUT2D eigenvalue weighted by Gasteiger charge is -2.19. The molecule has 0 saturated heterocycles. The number of hydrogen-bond acceptors (Lipinski definition) is 4. The van der Waals surface area contributed by atoms with E-state index in [1.54, 1.807) is 35.8 Å². The fraction of sp³-hybridized carbons (Fsp3) is 0.467. The van der Waals surface area contributed by atoms with Crippen molar-refractivity contribution in [3.8, 4) is 5.75 Å². The van der Waals surface area contributed by atoms with E-state index in [-0.39, 0.29) is 12.5 Å². The van der Waals surface area contributed by atoms with Crippen LogP contribution in [0, 0.1) is 0 Å². The standard InChI is InChI=1S/C15H21NO4S/c1-11(21-3)8-14(17)16(2)9-12-4-6-13(7-5-12)20-10-15(18)19/h4-7,11H,8-10H2,1-3H3,(H,18,19). The summed E-state index contributed by atoms with van der Waals surface area (Å²) >= 11 is 1.67. The first-order valence-corrected chi connectivity index (χ1v) is 7.91. The zero-order chi connectivity index (χ0) is 15.8. The second-order valence-corrected chi connectivity index (χ2v) is 6.10. The number of hydrogen-bond donors (Lipinski definition) is 1. The largest absolute Gasteiger partial charge is 0.482 e. The van der Waals surface area contributed by atoms with Gasteiger partial charge in [0.05, 0.1) is 0 Å². The number of carbonyl (C=O) groups is 2. The summed E-state index contributed by atoms with van der Waals surface area (Å²) in [5.74, 6) is -0.387. The van der Waals surface area contributed by atoms with E-state index in [1.165, 1.54) is 0 Å². The highest BCUT2D eigenvalue weighted by Gasteiger charge is 2.13. The lowest BCUT2D eigenvalue weighted by Crippen LogP contribution is -2.28. The summed E-state index contributed by atoms with van der Waals surface area (Å²) in [6.45, 7) is 2.20. The van der Waals surface area contributed by atoms with Gasteiger partial charge in [0, 0.05) is 25.3 Å². The summed E-state index contributed by atoms with van der Waals surface area (Å²) in [4.78, 5) is 24.1. The zero-order valence-electron chi connectivity index (χ0n) is 12.5. The Morgan fingerprint density at radius 2 is 1.95 bits per heavy atom. The summed E-state index contributed by atoms with van der Waals surface area (Å²) < 4.78 is 5.06. The van der Waals surface area contributed by atoms with Crippen molar-refractivity contribution in [1.82, 2.24) is 4.90 Å². The van der Waals surface area contributed by atoms with Crippen molar-refractivity contribution in [3.05, 3.63) is 29.8 Å². The predicted molar refractivity (Wildman–Crippen MR) is 83.6 cm³/mol. The molecule has 1 atom stereocenters. The van der Waals surface area contributed by atoms with E-state index < -0.39 is 5.97 Å². The van der Waals surface area contributed by atoms with Gasteiger partial charge in [0.15, 0.2) is 6.61 Å². The van der Waals surface area contributed by atoms with Crippen LogP contribution in [0.1, 0.15) is 18.9 Å². The van der Waals surface area contributed by atoms with E-state index in [4.69, 9.17) is 9.84 Å². The second-order valence-electron chi connectivity index (χ2n) is 4.83. The molecule has 0 fully saturated rings. The van der Waals surface area contributed by atoms with Crippen LogP contribution in [0.3, 0.4) is 0 Å². The fourth-order valence-electron chi connectivity index (χ4n) is 1.68. The number of amides is 1. The Balaban J connectivity index is 2.51. The molecule has 1 amide bonds. The van der Waals surface area contributed by atoms with Crippen LogP contribution < -0.4 is 4.74 Å². The molecule has 0 radical (unpaired) electrons. The average Bonchev–Trinajstić information content (AvgIpc) is 2.46. The van der Waals surface area contributed by atoms with Gasteiger partial charge in [0.2, 0.25) is 5.91 Å². The number of benzene rings is 1. The molecule has 0 aliphatic carbocycles. The highest BCUT2D eigenvalue weighted by atomic mass is 32.2. The van der Waals surface area contributed by atoms with Crippen molar-refractivity contribution in [3.63, 3.8) is 0 Å². The number of carbonyl (C=O) groups excluding carboxylic acids is 1. The highest BCUT2D eigenvalue weighted by molar-refractivity contribution is 7.99. The second kappa shape index (κ2) is 8.56. The lowest BCUT2D eigenvalue weighted by atomic mass is 10.2. The quantitative estimate of drug-likeness (QED) is 0.797. The molecule has 21 heavy (non-hydrogen) atoms. The zero-order valence-corrected chi connectivity index (χ0v) is 13.4. The Kier molecular flexibility index (Phi) is 7.08. The average molecular weight is 311 g/mol. The molecule has 5 nitrogen and oxygen atoms in total. The maximum atomic E-state index is 12.0. The molecule has 0 aliphatic rings. The van der Waals surface area contributed by atoms with Gasteiger partial charge in [-0.1, -0.05) is 19.1 Å². The molecule has 1 unspecified atom stereocenters. The minimum Gasteiger partial charge on any atom is -0.482 e. The third kappa shape index (κ3) is 6.53. The Labute approximate surface area is 129 Å². The van der Waals surface area contributed by atoms with Gasteiger partial charge in [-0.05, 0) is 24.0 Å². The molecule has 0 aliphatic heterocycles. The molecular formula is C15H21NO4S. The summed E-state index contributed by atoms with van der Waals surface area (Å²) in [5, 5.41) is 8.84. The molecule has 1 aromatic carbocycles. The number of ether oxygens (including phenoxy) is 1. The number of nitrogens with zero attached hydrogens (tertiary/aromatic N) is 1. The lowest BCUT2D eigenvalue weighted by molar-refractivity contribution is -0.139. The third-order valence-corrected chi connectivity index (χ3v) is 3.97. The Morgan fingerprint density at radius 3 is 2.48 bits per heavy atom. The van der Waals surface area contributed by atoms with E-state index in [0.717, 1.165) is 5.56 Å². The Morgan fingerprint density at radius 1 is 1.33 bits per heavy atom. The van der Waals surface area contributed by atoms with Crippen molar-refractivity contribution < 1.29 is 19.4 Å². The number of carboxylic acid groups (broad SMARTS) is 1. The minimum absolute atomic E-state index is 0.114.